The maximum atomic E-state index is 14.3. The largest absolute Gasteiger partial charge is 0.502 e. The predicted molar refractivity (Wildman–Crippen MR) is 281 cm³/mol. The van der Waals surface area contributed by atoms with E-state index >= 15 is 0 Å². The number of likely N-dealkylation sites (tertiary alicyclic amines) is 1. The first-order chi connectivity index (χ1) is 35.5. The first kappa shape index (κ1) is 55.5. The van der Waals surface area contributed by atoms with E-state index in [9.17, 15) is 56.7 Å². The Morgan fingerprint density at radius 3 is 1.87 bits per heavy atom. The quantitative estimate of drug-likeness (QED) is 0.0553. The summed E-state index contributed by atoms with van der Waals surface area (Å²) < 4.78 is 170. The van der Waals surface area contributed by atoms with E-state index in [0.717, 1.165) is 17.0 Å². The number of alkyl halides is 6. The second-order valence-corrected chi connectivity index (χ2v) is 24.9. The van der Waals surface area contributed by atoms with Gasteiger partial charge in [-0.2, -0.15) is 26.3 Å². The Hall–Kier alpha value is -5.72. The maximum absolute atomic E-state index is 14.3. The third kappa shape index (κ3) is 12.3. The first-order valence-corrected chi connectivity index (χ1v) is 29.5. The smallest absolute Gasteiger partial charge is 0.393 e. The molecule has 2 aliphatic rings. The van der Waals surface area contributed by atoms with Gasteiger partial charge in [-0.3, -0.25) is 4.72 Å². The zero-order valence-electron chi connectivity index (χ0n) is 40.9. The summed E-state index contributed by atoms with van der Waals surface area (Å²) >= 11 is 1.43. The number of piperidine rings is 1. The number of thioether (sulfide) groups is 1. The molecule has 6 aromatic rings. The number of halogens is 6. The fraction of sp³-hybridized carbons (Fsp3) is 0.346. The molecule has 3 N–H and O–H groups in total. The highest BCUT2D eigenvalue weighted by atomic mass is 32.2. The molecule has 0 spiro atoms. The van der Waals surface area contributed by atoms with Crippen molar-refractivity contribution < 1.29 is 56.7 Å². The molecule has 2 saturated heterocycles. The summed E-state index contributed by atoms with van der Waals surface area (Å²) in [5, 5.41) is 13.0. The van der Waals surface area contributed by atoms with Gasteiger partial charge in [0.2, 0.25) is 0 Å². The number of anilines is 4. The van der Waals surface area contributed by atoms with E-state index in [0.29, 0.717) is 105 Å². The lowest BCUT2D eigenvalue weighted by Gasteiger charge is -2.37. The zero-order chi connectivity index (χ0) is 53.9. The Labute approximate surface area is 437 Å². The summed E-state index contributed by atoms with van der Waals surface area (Å²) in [5.74, 6) is 0.339. The molecule has 0 bridgehead atoms. The number of aliphatic hydroxyl groups is 1. The number of hydrogen-bond acceptors (Lipinski definition) is 12. The van der Waals surface area contributed by atoms with Crippen LogP contribution in [0.1, 0.15) is 31.9 Å². The average molecular weight is 1120 g/mol. The Morgan fingerprint density at radius 2 is 1.27 bits per heavy atom. The molecule has 1 atom stereocenters. The van der Waals surface area contributed by atoms with Crippen LogP contribution in [0.5, 0.6) is 0 Å². The van der Waals surface area contributed by atoms with Crippen LogP contribution < -0.4 is 19.8 Å². The molecule has 1 aromatic heterocycles. The number of sulfonamides is 1. The van der Waals surface area contributed by atoms with Crippen molar-refractivity contribution in [2.24, 2.45) is 0 Å². The van der Waals surface area contributed by atoms with Crippen LogP contribution in [0, 0.1) is 6.92 Å². The summed E-state index contributed by atoms with van der Waals surface area (Å²) in [6.45, 7) is 6.87. The number of aliphatic hydroxyl groups excluding tert-OH is 1. The summed E-state index contributed by atoms with van der Waals surface area (Å²) in [6.07, 6.45) is 1.14. The lowest BCUT2D eigenvalue weighted by atomic mass is 10.00. The Bertz CT molecular complexity index is 3300. The normalized spacial score (nSPS) is 16.0. The van der Waals surface area contributed by atoms with Crippen molar-refractivity contribution in [3.63, 3.8) is 0 Å². The average Bonchev–Trinajstić information content (AvgIpc) is 3.70. The van der Waals surface area contributed by atoms with E-state index in [1.807, 2.05) is 40.1 Å². The number of rotatable bonds is 18. The van der Waals surface area contributed by atoms with Gasteiger partial charge in [-0.1, -0.05) is 60.7 Å². The molecule has 3 heterocycles. The van der Waals surface area contributed by atoms with E-state index in [4.69, 9.17) is 0 Å². The number of benzene rings is 5. The minimum atomic E-state index is -6.07. The lowest BCUT2D eigenvalue weighted by molar-refractivity contribution is -0.0442. The minimum absolute atomic E-state index is 0.0322. The summed E-state index contributed by atoms with van der Waals surface area (Å²) in [7, 11) is -16.5. The number of nitrogens with one attached hydrogen (secondary N) is 2. The van der Waals surface area contributed by atoms with Gasteiger partial charge in [0.05, 0.1) is 22.4 Å². The Kier molecular flexibility index (Phi) is 16.6. The highest BCUT2D eigenvalue weighted by Gasteiger charge is 2.51. The van der Waals surface area contributed by atoms with Crippen LogP contribution in [0.3, 0.4) is 0 Å². The number of hydrogen-bond donors (Lipinski definition) is 3. The first-order valence-electron chi connectivity index (χ1n) is 24.1. The number of sulfone groups is 2. The Balaban J connectivity index is 0.981. The van der Waals surface area contributed by atoms with Crippen LogP contribution in [0.15, 0.2) is 147 Å². The lowest BCUT2D eigenvalue weighted by Crippen LogP contribution is -2.46. The Morgan fingerprint density at radius 1 is 0.680 bits per heavy atom. The van der Waals surface area contributed by atoms with Crippen LogP contribution in [0.2, 0.25) is 0 Å². The molecule has 0 aliphatic carbocycles. The van der Waals surface area contributed by atoms with Crippen molar-refractivity contribution >= 4 is 64.2 Å². The molecule has 2 aliphatic heterocycles. The highest BCUT2D eigenvalue weighted by Crippen LogP contribution is 2.46. The fourth-order valence-electron chi connectivity index (χ4n) is 9.50. The molecule has 0 unspecified atom stereocenters. The molecule has 5 aromatic carbocycles. The summed E-state index contributed by atoms with van der Waals surface area (Å²) in [6, 6.07) is 32.9. The third-order valence-electron chi connectivity index (χ3n) is 13.4. The van der Waals surface area contributed by atoms with Crippen molar-refractivity contribution in [1.82, 2.24) is 9.47 Å². The van der Waals surface area contributed by atoms with Crippen molar-refractivity contribution in [3.05, 3.63) is 133 Å². The SMILES string of the molecule is CCn1c(C)c(S(=O)(=O)C(F)(F)F)c(-c2cccc(N3CCN(c4ccc(NS(=O)(=O)c5ccc(N[C@H](CCN6CCC(O)CC6)CSc6ccccc6)c(S(=O)(=O)C(F)(F)F)c5)cc4)CC3)c2)c1-c1ccccc1. The number of piperazine rings is 1. The van der Waals surface area contributed by atoms with Gasteiger partial charge in [0.1, 0.15) is 9.79 Å². The molecule has 0 radical (unpaired) electrons. The van der Waals surface area contributed by atoms with Gasteiger partial charge in [0.25, 0.3) is 29.7 Å². The molecule has 402 valence electrons. The van der Waals surface area contributed by atoms with Crippen molar-refractivity contribution in [2.45, 2.75) is 82.4 Å². The van der Waals surface area contributed by atoms with Gasteiger partial charge in [-0.25, -0.2) is 25.3 Å². The van der Waals surface area contributed by atoms with Crippen LogP contribution in [-0.4, -0.2) is 115 Å². The second kappa shape index (κ2) is 22.5. The van der Waals surface area contributed by atoms with Gasteiger partial charge in [-0.15, -0.1) is 11.8 Å². The minimum Gasteiger partial charge on any atom is -0.393 e. The molecule has 0 saturated carbocycles. The van der Waals surface area contributed by atoms with Crippen molar-refractivity contribution in [2.75, 3.05) is 71.4 Å². The van der Waals surface area contributed by atoms with E-state index in [2.05, 4.69) is 14.9 Å². The van der Waals surface area contributed by atoms with Crippen LogP contribution in [-0.2, 0) is 36.2 Å². The van der Waals surface area contributed by atoms with Crippen molar-refractivity contribution in [1.29, 1.82) is 0 Å². The van der Waals surface area contributed by atoms with Gasteiger partial charge < -0.3 is 29.7 Å². The standard InChI is InChI=1S/C52H56F6N6O7S4/c1-3-64-36(2)50(74(68,69)52(56,57)58)48(49(64)37-11-6-4-7-12-37)38-13-10-14-42(33-38)63-31-29-62(30-32-63)41-19-17-39(18-20-41)60-75(70,71)45-21-22-46(47(34-45)73(66,67)51(53,54)55)59-40(35-72-44-15-8-5-9-16-44)23-26-61-27-24-43(65)25-28-61/h4-22,33-34,40,43,59-60,65H,3,23-32,35H2,1-2H3/t40-/m1/s1. The molecule has 0 amide bonds. The molecule has 75 heavy (non-hydrogen) atoms. The monoisotopic (exact) mass is 1120 g/mol. The number of nitrogens with zero attached hydrogens (tertiary/aromatic N) is 4. The number of aromatic nitrogens is 1. The zero-order valence-corrected chi connectivity index (χ0v) is 44.1. The molecular weight excluding hydrogens is 1060 g/mol. The summed E-state index contributed by atoms with van der Waals surface area (Å²) in [5.41, 5.74) is -9.20. The van der Waals surface area contributed by atoms with Crippen molar-refractivity contribution in [3.8, 4) is 22.4 Å². The molecule has 13 nitrogen and oxygen atoms in total. The van der Waals surface area contributed by atoms with E-state index in [1.165, 1.54) is 30.8 Å². The third-order valence-corrected chi connectivity index (χ3v) is 19.2. The second-order valence-electron chi connectivity index (χ2n) is 18.3. The highest BCUT2D eigenvalue weighted by molar-refractivity contribution is 7.99. The van der Waals surface area contributed by atoms with Gasteiger partial charge in [0.15, 0.2) is 0 Å². The molecule has 2 fully saturated rings. The van der Waals surface area contributed by atoms with Crippen LogP contribution >= 0.6 is 11.8 Å². The molecule has 8 rings (SSSR count). The maximum Gasteiger partial charge on any atom is 0.502 e. The fourth-order valence-corrected chi connectivity index (χ4v) is 13.8. The van der Waals surface area contributed by atoms with E-state index in [-0.39, 0.29) is 23.5 Å². The van der Waals surface area contributed by atoms with Gasteiger partial charge in [-0.05, 0) is 111 Å². The topological polar surface area (TPSA) is 161 Å². The predicted octanol–water partition coefficient (Wildman–Crippen LogP) is 10.3. The summed E-state index contributed by atoms with van der Waals surface area (Å²) in [4.78, 5) is 4.30. The van der Waals surface area contributed by atoms with Gasteiger partial charge >= 0.3 is 11.0 Å². The van der Waals surface area contributed by atoms with E-state index < -0.39 is 73.2 Å². The molecular formula is C52H56F6N6O7S4. The van der Waals surface area contributed by atoms with E-state index in [1.54, 1.807) is 78.2 Å². The van der Waals surface area contributed by atoms with Crippen LogP contribution in [0.4, 0.5) is 49.1 Å². The van der Waals surface area contributed by atoms with Crippen LogP contribution in [0.25, 0.3) is 22.4 Å². The van der Waals surface area contributed by atoms with Gasteiger partial charge in [0, 0.05) is 97.4 Å². The molecule has 23 heteroatoms.